The fourth-order valence-corrected chi connectivity index (χ4v) is 5.19. The Hall–Kier alpha value is -3.05. The number of fused-ring (bicyclic) bond motifs is 1. The van der Waals surface area contributed by atoms with Crippen molar-refractivity contribution in [3.8, 4) is 0 Å². The number of likely N-dealkylation sites (tertiary alicyclic amines) is 1. The van der Waals surface area contributed by atoms with Gasteiger partial charge in [0.2, 0.25) is 5.91 Å². The first kappa shape index (κ1) is 21.8. The standard InChI is InChI=1S/C22H28N8O2S/c1-27-20-18(12-25-27)21(24-15-23-20)30-9-7-29(8-10-30)19(31)13-28-5-2-17(3-6-28)26-22(32)16-4-11-33-14-16/h4,11-12,14-15,17H,2-3,5-10,13H2,1H3,(H,26,32). The molecule has 2 aliphatic rings. The second-order valence-electron chi connectivity index (χ2n) is 8.61. The summed E-state index contributed by atoms with van der Waals surface area (Å²) in [6, 6.07) is 2.02. The van der Waals surface area contributed by atoms with Crippen LogP contribution >= 0.6 is 11.3 Å². The lowest BCUT2D eigenvalue weighted by molar-refractivity contribution is -0.133. The molecule has 0 aromatic carbocycles. The smallest absolute Gasteiger partial charge is 0.252 e. The van der Waals surface area contributed by atoms with Gasteiger partial charge < -0.3 is 15.1 Å². The van der Waals surface area contributed by atoms with Gasteiger partial charge in [0.05, 0.1) is 18.1 Å². The van der Waals surface area contributed by atoms with Gasteiger partial charge >= 0.3 is 0 Å². The molecule has 2 aliphatic heterocycles. The van der Waals surface area contributed by atoms with Crippen LogP contribution in [-0.4, -0.2) is 93.2 Å². The number of nitrogens with zero attached hydrogens (tertiary/aromatic N) is 7. The third-order valence-corrected chi connectivity index (χ3v) is 7.19. The quantitative estimate of drug-likeness (QED) is 0.596. The van der Waals surface area contributed by atoms with Crippen molar-refractivity contribution in [1.29, 1.82) is 0 Å². The van der Waals surface area contributed by atoms with Crippen LogP contribution in [0.5, 0.6) is 0 Å². The van der Waals surface area contributed by atoms with E-state index < -0.39 is 0 Å². The van der Waals surface area contributed by atoms with E-state index in [0.29, 0.717) is 19.6 Å². The van der Waals surface area contributed by atoms with Gasteiger partial charge in [-0.1, -0.05) is 0 Å². The normalized spacial score (nSPS) is 18.1. The van der Waals surface area contributed by atoms with Gasteiger partial charge in [0, 0.05) is 63.3 Å². The van der Waals surface area contributed by atoms with Gasteiger partial charge in [-0.2, -0.15) is 16.4 Å². The molecule has 174 valence electrons. The molecule has 0 spiro atoms. The Morgan fingerprint density at radius 1 is 1.12 bits per heavy atom. The maximum absolute atomic E-state index is 12.9. The first-order valence-electron chi connectivity index (χ1n) is 11.3. The monoisotopic (exact) mass is 468 g/mol. The van der Waals surface area contributed by atoms with Crippen molar-refractivity contribution in [2.75, 3.05) is 50.7 Å². The molecule has 2 saturated heterocycles. The van der Waals surface area contributed by atoms with Crippen molar-refractivity contribution in [3.05, 3.63) is 34.9 Å². The van der Waals surface area contributed by atoms with Crippen molar-refractivity contribution in [3.63, 3.8) is 0 Å². The van der Waals surface area contributed by atoms with Crippen molar-refractivity contribution in [2.24, 2.45) is 7.05 Å². The number of nitrogens with one attached hydrogen (secondary N) is 1. The molecule has 1 N–H and O–H groups in total. The Labute approximate surface area is 196 Å². The molecule has 0 saturated carbocycles. The number of aryl methyl sites for hydroxylation is 1. The van der Waals surface area contributed by atoms with E-state index in [1.807, 2.05) is 28.8 Å². The van der Waals surface area contributed by atoms with E-state index in [9.17, 15) is 9.59 Å². The maximum Gasteiger partial charge on any atom is 0.252 e. The summed E-state index contributed by atoms with van der Waals surface area (Å²) in [5.41, 5.74) is 1.54. The lowest BCUT2D eigenvalue weighted by Gasteiger charge is -2.37. The number of carbonyl (C=O) groups excluding carboxylic acids is 2. The van der Waals surface area contributed by atoms with Gasteiger partial charge in [-0.05, 0) is 24.3 Å². The van der Waals surface area contributed by atoms with Crippen LogP contribution in [0.15, 0.2) is 29.4 Å². The zero-order valence-electron chi connectivity index (χ0n) is 18.7. The largest absolute Gasteiger partial charge is 0.352 e. The molecule has 2 fully saturated rings. The summed E-state index contributed by atoms with van der Waals surface area (Å²) in [5, 5.41) is 12.1. The summed E-state index contributed by atoms with van der Waals surface area (Å²) in [4.78, 5) is 40.3. The van der Waals surface area contributed by atoms with Crippen LogP contribution in [0.4, 0.5) is 5.82 Å². The van der Waals surface area contributed by atoms with Crippen LogP contribution < -0.4 is 10.2 Å². The van der Waals surface area contributed by atoms with Crippen molar-refractivity contribution in [2.45, 2.75) is 18.9 Å². The molecule has 3 aromatic heterocycles. The summed E-state index contributed by atoms with van der Waals surface area (Å²) in [5.74, 6) is 1.05. The Kier molecular flexibility index (Phi) is 6.23. The highest BCUT2D eigenvalue weighted by atomic mass is 32.1. The average molecular weight is 469 g/mol. The minimum Gasteiger partial charge on any atom is -0.352 e. The number of thiophene rings is 1. The highest BCUT2D eigenvalue weighted by Crippen LogP contribution is 2.23. The molecule has 11 heteroatoms. The predicted octanol–water partition coefficient (Wildman–Crippen LogP) is 0.968. The summed E-state index contributed by atoms with van der Waals surface area (Å²) < 4.78 is 1.75. The van der Waals surface area contributed by atoms with Gasteiger partial charge in [0.25, 0.3) is 5.91 Å². The van der Waals surface area contributed by atoms with Crippen LogP contribution in [-0.2, 0) is 11.8 Å². The first-order chi connectivity index (χ1) is 16.1. The van der Waals surface area contributed by atoms with E-state index in [1.165, 1.54) is 11.3 Å². The van der Waals surface area contributed by atoms with E-state index in [4.69, 9.17) is 0 Å². The van der Waals surface area contributed by atoms with Crippen molar-refractivity contribution >= 4 is 40.0 Å². The van der Waals surface area contributed by atoms with Gasteiger partial charge in [-0.25, -0.2) is 9.97 Å². The zero-order chi connectivity index (χ0) is 22.8. The first-order valence-corrected chi connectivity index (χ1v) is 12.2. The molecule has 0 aliphatic carbocycles. The molecule has 3 aromatic rings. The van der Waals surface area contributed by atoms with Crippen molar-refractivity contribution < 1.29 is 9.59 Å². The second kappa shape index (κ2) is 9.44. The van der Waals surface area contributed by atoms with Crippen LogP contribution in [0.1, 0.15) is 23.2 Å². The maximum atomic E-state index is 12.9. The number of rotatable bonds is 5. The van der Waals surface area contributed by atoms with E-state index in [-0.39, 0.29) is 17.9 Å². The number of piperidine rings is 1. The van der Waals surface area contributed by atoms with Crippen LogP contribution in [0, 0.1) is 0 Å². The number of carbonyl (C=O) groups is 2. The molecule has 10 nitrogen and oxygen atoms in total. The molecule has 5 rings (SSSR count). The lowest BCUT2D eigenvalue weighted by atomic mass is 10.0. The molecule has 2 amide bonds. The second-order valence-corrected chi connectivity index (χ2v) is 9.39. The van der Waals surface area contributed by atoms with Crippen LogP contribution in [0.3, 0.4) is 0 Å². The van der Waals surface area contributed by atoms with E-state index in [1.54, 1.807) is 17.2 Å². The molecular weight excluding hydrogens is 440 g/mol. The van der Waals surface area contributed by atoms with E-state index in [0.717, 1.165) is 61.4 Å². The number of aromatic nitrogens is 4. The Bertz CT molecular complexity index is 1110. The topological polar surface area (TPSA) is 99.5 Å². The molecule has 33 heavy (non-hydrogen) atoms. The SMILES string of the molecule is Cn1ncc2c(N3CCN(C(=O)CN4CCC(NC(=O)c5ccsc5)CC4)CC3)ncnc21. The van der Waals surface area contributed by atoms with Crippen LogP contribution in [0.25, 0.3) is 11.0 Å². The summed E-state index contributed by atoms with van der Waals surface area (Å²) in [7, 11) is 1.87. The highest BCUT2D eigenvalue weighted by molar-refractivity contribution is 7.08. The minimum atomic E-state index is -0.00380. The summed E-state index contributed by atoms with van der Waals surface area (Å²) >= 11 is 1.53. The summed E-state index contributed by atoms with van der Waals surface area (Å²) in [6.45, 7) is 4.91. The Balaban J connectivity index is 1.08. The van der Waals surface area contributed by atoms with Gasteiger partial charge in [0.1, 0.15) is 12.1 Å². The van der Waals surface area contributed by atoms with E-state index in [2.05, 4.69) is 30.2 Å². The molecular formula is C22H28N8O2S. The van der Waals surface area contributed by atoms with E-state index >= 15 is 0 Å². The molecule has 0 bridgehead atoms. The molecule has 0 radical (unpaired) electrons. The zero-order valence-corrected chi connectivity index (χ0v) is 19.5. The number of hydrogen-bond donors (Lipinski definition) is 1. The van der Waals surface area contributed by atoms with Crippen molar-refractivity contribution in [1.82, 2.24) is 34.9 Å². The fourth-order valence-electron chi connectivity index (χ4n) is 4.56. The number of hydrogen-bond acceptors (Lipinski definition) is 8. The third-order valence-electron chi connectivity index (χ3n) is 6.51. The third kappa shape index (κ3) is 4.69. The number of amides is 2. The summed E-state index contributed by atoms with van der Waals surface area (Å²) in [6.07, 6.45) is 5.11. The van der Waals surface area contributed by atoms with Gasteiger partial charge in [-0.15, -0.1) is 0 Å². The molecule has 0 atom stereocenters. The Morgan fingerprint density at radius 3 is 2.64 bits per heavy atom. The molecule has 0 unspecified atom stereocenters. The highest BCUT2D eigenvalue weighted by Gasteiger charge is 2.27. The number of piperazine rings is 1. The Morgan fingerprint density at radius 2 is 1.91 bits per heavy atom. The number of anilines is 1. The average Bonchev–Trinajstić information content (AvgIpc) is 3.51. The minimum absolute atomic E-state index is 0.00380. The molecule has 5 heterocycles. The van der Waals surface area contributed by atoms with Crippen LogP contribution in [0.2, 0.25) is 0 Å². The van der Waals surface area contributed by atoms with Gasteiger partial charge in [0.15, 0.2) is 5.65 Å². The predicted molar refractivity (Wildman–Crippen MR) is 126 cm³/mol. The van der Waals surface area contributed by atoms with Gasteiger partial charge in [-0.3, -0.25) is 19.2 Å². The lowest BCUT2D eigenvalue weighted by Crippen LogP contribution is -2.53. The fraction of sp³-hybridized carbons (Fsp3) is 0.500.